The maximum Gasteiger partial charge on any atom is 0.128 e. The number of rotatable bonds is 4. The third kappa shape index (κ3) is 3.04. The van der Waals surface area contributed by atoms with Crippen molar-refractivity contribution in [1.82, 2.24) is 19.9 Å². The minimum absolute atomic E-state index is 0.185. The first kappa shape index (κ1) is 15.0. The zero-order chi connectivity index (χ0) is 16.8. The molecule has 0 spiro atoms. The number of H-pyrrole nitrogens is 1. The van der Waals surface area contributed by atoms with Crippen LogP contribution in [0.1, 0.15) is 35.5 Å². The van der Waals surface area contributed by atoms with Crippen LogP contribution in [0.2, 0.25) is 0 Å². The fourth-order valence-electron chi connectivity index (χ4n) is 3.73. The van der Waals surface area contributed by atoms with Crippen molar-refractivity contribution < 1.29 is 4.39 Å². The molecule has 0 radical (unpaired) electrons. The molecule has 1 aliphatic heterocycles. The molecular formula is C20H21FN4. The van der Waals surface area contributed by atoms with E-state index in [1.807, 2.05) is 12.4 Å². The second-order valence-electron chi connectivity index (χ2n) is 7.37. The van der Waals surface area contributed by atoms with Crippen molar-refractivity contribution in [3.63, 3.8) is 0 Å². The van der Waals surface area contributed by atoms with Gasteiger partial charge in [0.25, 0.3) is 0 Å². The van der Waals surface area contributed by atoms with E-state index in [2.05, 4.69) is 14.9 Å². The van der Waals surface area contributed by atoms with Gasteiger partial charge in [0, 0.05) is 49.4 Å². The Balaban J connectivity index is 1.36. The molecule has 1 N–H and O–H groups in total. The van der Waals surface area contributed by atoms with Crippen molar-refractivity contribution in [3.05, 3.63) is 59.1 Å². The average molecular weight is 336 g/mol. The largest absolute Gasteiger partial charge is 0.361 e. The minimum Gasteiger partial charge on any atom is -0.361 e. The van der Waals surface area contributed by atoms with E-state index >= 15 is 0 Å². The SMILES string of the molecule is Fc1ccc2[nH]cc(CN3CCc4cnc(CC5CC5)nc4C3)c2c1. The topological polar surface area (TPSA) is 44.8 Å². The van der Waals surface area contributed by atoms with Gasteiger partial charge in [-0.25, -0.2) is 14.4 Å². The van der Waals surface area contributed by atoms with E-state index in [1.54, 1.807) is 12.1 Å². The number of aromatic nitrogens is 3. The highest BCUT2D eigenvalue weighted by Crippen LogP contribution is 2.32. The molecule has 4 nitrogen and oxygen atoms in total. The van der Waals surface area contributed by atoms with E-state index in [-0.39, 0.29) is 5.82 Å². The molecule has 25 heavy (non-hydrogen) atoms. The van der Waals surface area contributed by atoms with E-state index in [0.717, 1.165) is 60.7 Å². The Morgan fingerprint density at radius 2 is 2.20 bits per heavy atom. The van der Waals surface area contributed by atoms with Gasteiger partial charge in [0.1, 0.15) is 11.6 Å². The molecule has 128 valence electrons. The molecule has 0 bridgehead atoms. The standard InChI is InChI=1S/C20H21FN4/c21-16-3-4-18-17(8-16)15(10-22-18)11-25-6-5-14-9-23-20(7-13-1-2-13)24-19(14)12-25/h3-4,8-10,13,22H,1-2,5-7,11-12H2. The van der Waals surface area contributed by atoms with Crippen molar-refractivity contribution in [2.45, 2.75) is 38.8 Å². The van der Waals surface area contributed by atoms with Crippen LogP contribution >= 0.6 is 0 Å². The second kappa shape index (κ2) is 5.92. The molecule has 0 atom stereocenters. The van der Waals surface area contributed by atoms with Gasteiger partial charge in [0.05, 0.1) is 5.69 Å². The smallest absolute Gasteiger partial charge is 0.128 e. The molecule has 0 amide bonds. The molecule has 2 aliphatic rings. The number of fused-ring (bicyclic) bond motifs is 2. The Morgan fingerprint density at radius 3 is 3.08 bits per heavy atom. The number of hydrogen-bond donors (Lipinski definition) is 1. The summed E-state index contributed by atoms with van der Waals surface area (Å²) in [5.41, 5.74) is 4.58. The highest BCUT2D eigenvalue weighted by Gasteiger charge is 2.24. The zero-order valence-corrected chi connectivity index (χ0v) is 14.1. The summed E-state index contributed by atoms with van der Waals surface area (Å²) in [7, 11) is 0. The predicted molar refractivity (Wildman–Crippen MR) is 94.5 cm³/mol. The van der Waals surface area contributed by atoms with Crippen LogP contribution in [0.3, 0.4) is 0 Å². The minimum atomic E-state index is -0.185. The van der Waals surface area contributed by atoms with Crippen molar-refractivity contribution in [2.24, 2.45) is 5.92 Å². The number of aromatic amines is 1. The molecule has 3 aromatic rings. The number of benzene rings is 1. The Kier molecular flexibility index (Phi) is 3.55. The van der Waals surface area contributed by atoms with Crippen LogP contribution in [0.25, 0.3) is 10.9 Å². The van der Waals surface area contributed by atoms with Crippen LogP contribution in [-0.4, -0.2) is 26.4 Å². The number of nitrogens with zero attached hydrogens (tertiary/aromatic N) is 3. The van der Waals surface area contributed by atoms with Crippen LogP contribution < -0.4 is 0 Å². The average Bonchev–Trinajstić information content (AvgIpc) is 3.35. The van der Waals surface area contributed by atoms with E-state index in [1.165, 1.54) is 30.2 Å². The van der Waals surface area contributed by atoms with Crippen molar-refractivity contribution in [1.29, 1.82) is 0 Å². The number of hydrogen-bond acceptors (Lipinski definition) is 3. The molecule has 1 aromatic carbocycles. The van der Waals surface area contributed by atoms with Crippen molar-refractivity contribution in [3.8, 4) is 0 Å². The monoisotopic (exact) mass is 336 g/mol. The van der Waals surface area contributed by atoms with Gasteiger partial charge in [-0.2, -0.15) is 0 Å². The van der Waals surface area contributed by atoms with Gasteiger partial charge >= 0.3 is 0 Å². The van der Waals surface area contributed by atoms with Crippen LogP contribution in [0.4, 0.5) is 4.39 Å². The van der Waals surface area contributed by atoms with E-state index < -0.39 is 0 Å². The van der Waals surface area contributed by atoms with Gasteiger partial charge in [0.2, 0.25) is 0 Å². The van der Waals surface area contributed by atoms with Crippen LogP contribution in [0.15, 0.2) is 30.6 Å². The van der Waals surface area contributed by atoms with Crippen molar-refractivity contribution in [2.75, 3.05) is 6.54 Å². The molecule has 0 saturated heterocycles. The molecule has 5 heteroatoms. The molecule has 2 aromatic heterocycles. The fourth-order valence-corrected chi connectivity index (χ4v) is 3.73. The van der Waals surface area contributed by atoms with Crippen LogP contribution in [-0.2, 0) is 25.9 Å². The Bertz CT molecular complexity index is 929. The highest BCUT2D eigenvalue weighted by molar-refractivity contribution is 5.83. The molecule has 1 fully saturated rings. The normalized spacial score (nSPS) is 17.8. The Hall–Kier alpha value is -2.27. The summed E-state index contributed by atoms with van der Waals surface area (Å²) in [6.07, 6.45) is 8.68. The second-order valence-corrected chi connectivity index (χ2v) is 7.37. The summed E-state index contributed by atoms with van der Waals surface area (Å²) in [6, 6.07) is 4.92. The van der Waals surface area contributed by atoms with Crippen molar-refractivity contribution >= 4 is 10.9 Å². The molecule has 5 rings (SSSR count). The first-order chi connectivity index (χ1) is 12.2. The fraction of sp³-hybridized carbons (Fsp3) is 0.400. The van der Waals surface area contributed by atoms with Gasteiger partial charge in [0.15, 0.2) is 0 Å². The summed E-state index contributed by atoms with van der Waals surface area (Å²) in [5.74, 6) is 1.62. The molecular weight excluding hydrogens is 315 g/mol. The van der Waals surface area contributed by atoms with Gasteiger partial charge in [-0.05, 0) is 54.5 Å². The quantitative estimate of drug-likeness (QED) is 0.792. The van der Waals surface area contributed by atoms with Gasteiger partial charge in [-0.1, -0.05) is 0 Å². The number of halogens is 1. The van der Waals surface area contributed by atoms with E-state index in [0.29, 0.717) is 0 Å². The third-order valence-corrected chi connectivity index (χ3v) is 5.37. The summed E-state index contributed by atoms with van der Waals surface area (Å²) in [4.78, 5) is 15.0. The van der Waals surface area contributed by atoms with Crippen LogP contribution in [0.5, 0.6) is 0 Å². The van der Waals surface area contributed by atoms with Gasteiger partial charge in [-0.3, -0.25) is 4.90 Å². The van der Waals surface area contributed by atoms with Gasteiger partial charge < -0.3 is 4.98 Å². The molecule has 1 saturated carbocycles. The lowest BCUT2D eigenvalue weighted by molar-refractivity contribution is 0.241. The summed E-state index contributed by atoms with van der Waals surface area (Å²) in [5, 5.41) is 0.975. The highest BCUT2D eigenvalue weighted by atomic mass is 19.1. The molecule has 0 unspecified atom stereocenters. The third-order valence-electron chi connectivity index (χ3n) is 5.37. The lowest BCUT2D eigenvalue weighted by Crippen LogP contribution is -2.31. The maximum atomic E-state index is 13.6. The lowest BCUT2D eigenvalue weighted by atomic mass is 10.1. The molecule has 1 aliphatic carbocycles. The maximum absolute atomic E-state index is 13.6. The summed E-state index contributed by atoms with van der Waals surface area (Å²) in [6.45, 7) is 2.64. The Morgan fingerprint density at radius 1 is 1.28 bits per heavy atom. The Labute approximate surface area is 146 Å². The van der Waals surface area contributed by atoms with Crippen LogP contribution in [0, 0.1) is 11.7 Å². The first-order valence-electron chi connectivity index (χ1n) is 9.06. The van der Waals surface area contributed by atoms with Gasteiger partial charge in [-0.15, -0.1) is 0 Å². The lowest BCUT2D eigenvalue weighted by Gasteiger charge is -2.27. The predicted octanol–water partition coefficient (Wildman–Crippen LogP) is 3.61. The summed E-state index contributed by atoms with van der Waals surface area (Å²) < 4.78 is 13.6. The number of nitrogens with one attached hydrogen (secondary N) is 1. The van der Waals surface area contributed by atoms with E-state index in [9.17, 15) is 4.39 Å². The van der Waals surface area contributed by atoms with E-state index in [4.69, 9.17) is 4.98 Å². The zero-order valence-electron chi connectivity index (χ0n) is 14.1. The summed E-state index contributed by atoms with van der Waals surface area (Å²) >= 11 is 0. The molecule has 3 heterocycles. The first-order valence-corrected chi connectivity index (χ1v) is 9.06.